The molecular formula is C33H43ClFN7O3. The Kier molecular flexibility index (Phi) is 9.54. The minimum atomic E-state index is -0.699. The van der Waals surface area contributed by atoms with Crippen LogP contribution in [0.2, 0.25) is 5.15 Å². The van der Waals surface area contributed by atoms with Crippen molar-refractivity contribution in [2.45, 2.75) is 64.8 Å². The van der Waals surface area contributed by atoms with Gasteiger partial charge in [-0.2, -0.15) is 9.97 Å². The molecule has 1 aromatic carbocycles. The SMILES string of the molecule is C[C@@H](COc1nc(C2CC3CCN(N2)C3C(=O)OC(C)(C)C)c2cnc(Cl)c(F)c2n1)CN1CCN(Cc2ccccc2)CC1. The van der Waals surface area contributed by atoms with Gasteiger partial charge in [0.25, 0.3) is 0 Å². The van der Waals surface area contributed by atoms with Crippen molar-refractivity contribution in [1.29, 1.82) is 0 Å². The summed E-state index contributed by atoms with van der Waals surface area (Å²) in [4.78, 5) is 31.2. The predicted octanol–water partition coefficient (Wildman–Crippen LogP) is 4.63. The molecule has 2 bridgehead atoms. The third-order valence-electron chi connectivity index (χ3n) is 8.79. The number of rotatable bonds is 9. The Balaban J connectivity index is 1.11. The Morgan fingerprint density at radius 1 is 1.11 bits per heavy atom. The van der Waals surface area contributed by atoms with Gasteiger partial charge in [0.1, 0.15) is 17.2 Å². The summed E-state index contributed by atoms with van der Waals surface area (Å²) in [5, 5.41) is 2.16. The van der Waals surface area contributed by atoms with Crippen LogP contribution in [0.25, 0.3) is 10.9 Å². The molecule has 3 fully saturated rings. The first-order valence-corrected chi connectivity index (χ1v) is 16.3. The molecule has 1 N–H and O–H groups in total. The fraction of sp³-hybridized carbons (Fsp3) is 0.576. The molecule has 10 nitrogen and oxygen atoms in total. The van der Waals surface area contributed by atoms with Crippen LogP contribution in [0.5, 0.6) is 6.01 Å². The predicted molar refractivity (Wildman–Crippen MR) is 170 cm³/mol. The fourth-order valence-electron chi connectivity index (χ4n) is 6.71. The molecule has 3 saturated heterocycles. The largest absolute Gasteiger partial charge is 0.463 e. The van der Waals surface area contributed by atoms with E-state index in [0.717, 1.165) is 45.7 Å². The van der Waals surface area contributed by atoms with E-state index in [1.165, 1.54) is 11.8 Å². The highest BCUT2D eigenvalue weighted by molar-refractivity contribution is 6.30. The summed E-state index contributed by atoms with van der Waals surface area (Å²) in [5.74, 6) is -0.657. The van der Waals surface area contributed by atoms with E-state index in [4.69, 9.17) is 26.1 Å². The summed E-state index contributed by atoms with van der Waals surface area (Å²) in [6, 6.07) is 10.0. The van der Waals surface area contributed by atoms with Gasteiger partial charge in [-0.15, -0.1) is 0 Å². The highest BCUT2D eigenvalue weighted by Gasteiger charge is 2.47. The van der Waals surface area contributed by atoms with Crippen LogP contribution in [-0.4, -0.2) is 93.2 Å². The average Bonchev–Trinajstić information content (AvgIpc) is 3.28. The van der Waals surface area contributed by atoms with Gasteiger partial charge in [0.15, 0.2) is 11.0 Å². The minimum absolute atomic E-state index is 0.0683. The first-order valence-electron chi connectivity index (χ1n) is 15.9. The van der Waals surface area contributed by atoms with Crippen LogP contribution in [0.15, 0.2) is 36.5 Å². The number of hydrazine groups is 1. The second-order valence-electron chi connectivity index (χ2n) is 13.6. The van der Waals surface area contributed by atoms with Gasteiger partial charge in [-0.25, -0.2) is 19.8 Å². The summed E-state index contributed by atoms with van der Waals surface area (Å²) >= 11 is 6.06. The van der Waals surface area contributed by atoms with Crippen molar-refractivity contribution in [3.63, 3.8) is 0 Å². The van der Waals surface area contributed by atoms with Gasteiger partial charge in [-0.3, -0.25) is 9.69 Å². The third-order valence-corrected chi connectivity index (χ3v) is 9.06. The Morgan fingerprint density at radius 2 is 1.84 bits per heavy atom. The number of hydrogen-bond acceptors (Lipinski definition) is 10. The van der Waals surface area contributed by atoms with Crippen molar-refractivity contribution in [1.82, 2.24) is 35.2 Å². The number of carbonyl (C=O) groups excluding carboxylic acids is 1. The van der Waals surface area contributed by atoms with Crippen LogP contribution in [0.1, 0.15) is 57.8 Å². The van der Waals surface area contributed by atoms with Crippen LogP contribution < -0.4 is 10.2 Å². The molecule has 3 aliphatic rings. The number of ether oxygens (including phenoxy) is 2. The van der Waals surface area contributed by atoms with Crippen LogP contribution in [0.3, 0.4) is 0 Å². The van der Waals surface area contributed by atoms with E-state index in [9.17, 15) is 4.79 Å². The first kappa shape index (κ1) is 32.0. The number of hydrogen-bond donors (Lipinski definition) is 1. The molecule has 12 heteroatoms. The summed E-state index contributed by atoms with van der Waals surface area (Å²) in [7, 11) is 0. The van der Waals surface area contributed by atoms with Crippen molar-refractivity contribution in [3.05, 3.63) is 58.8 Å². The van der Waals surface area contributed by atoms with E-state index in [-0.39, 0.29) is 46.6 Å². The van der Waals surface area contributed by atoms with E-state index in [2.05, 4.69) is 62.4 Å². The maximum atomic E-state index is 15.3. The fourth-order valence-corrected chi connectivity index (χ4v) is 6.84. The lowest BCUT2D eigenvalue weighted by molar-refractivity contribution is -0.165. The summed E-state index contributed by atoms with van der Waals surface area (Å²) < 4.78 is 27.1. The summed E-state index contributed by atoms with van der Waals surface area (Å²) in [6.45, 7) is 14.8. The number of nitrogens with one attached hydrogen (secondary N) is 1. The molecule has 242 valence electrons. The number of nitrogens with zero attached hydrogens (tertiary/aromatic N) is 6. The minimum Gasteiger partial charge on any atom is -0.463 e. The summed E-state index contributed by atoms with van der Waals surface area (Å²) in [6.07, 6.45) is 2.98. The molecule has 3 aliphatic heterocycles. The van der Waals surface area contributed by atoms with Crippen molar-refractivity contribution >= 4 is 28.5 Å². The van der Waals surface area contributed by atoms with E-state index in [1.807, 2.05) is 25.8 Å². The molecule has 0 spiro atoms. The monoisotopic (exact) mass is 639 g/mol. The van der Waals surface area contributed by atoms with Gasteiger partial charge in [-0.05, 0) is 45.1 Å². The zero-order valence-electron chi connectivity index (χ0n) is 26.5. The number of pyridine rings is 1. The van der Waals surface area contributed by atoms with Gasteiger partial charge in [0.05, 0.1) is 18.3 Å². The molecule has 3 aromatic rings. The highest BCUT2D eigenvalue weighted by Crippen LogP contribution is 2.40. The van der Waals surface area contributed by atoms with Crippen LogP contribution in [-0.2, 0) is 16.1 Å². The molecule has 4 unspecified atom stereocenters. The van der Waals surface area contributed by atoms with Crippen LogP contribution in [0, 0.1) is 17.7 Å². The number of benzene rings is 1. The van der Waals surface area contributed by atoms with Crippen LogP contribution >= 0.6 is 11.6 Å². The number of halogens is 2. The zero-order valence-corrected chi connectivity index (χ0v) is 27.3. The standard InChI is InChI=1S/C33H43ClFN7O3/c1-21(18-40-12-14-41(15-13-40)19-22-8-6-5-7-9-22)20-44-32-37-27(24-17-36-30(34)26(35)28(24)38-32)25-16-23-10-11-42(39-25)29(23)31(43)45-33(2,3)4/h5-9,17,21,23,25,29,39H,10-16,18-20H2,1-4H3/t21-,23?,25?,29?/m1/s1. The molecule has 0 radical (unpaired) electrons. The molecule has 6 rings (SSSR count). The van der Waals surface area contributed by atoms with E-state index in [1.54, 1.807) is 0 Å². The normalized spacial score (nSPS) is 24.9. The van der Waals surface area contributed by atoms with Crippen molar-refractivity contribution in [2.75, 3.05) is 45.9 Å². The van der Waals surface area contributed by atoms with Gasteiger partial charge in [0, 0.05) is 63.3 Å². The van der Waals surface area contributed by atoms with Crippen molar-refractivity contribution < 1.29 is 18.7 Å². The number of carbonyl (C=O) groups is 1. The molecule has 0 amide bonds. The molecule has 45 heavy (non-hydrogen) atoms. The topological polar surface area (TPSA) is 95.9 Å². The van der Waals surface area contributed by atoms with Crippen molar-refractivity contribution in [2.24, 2.45) is 11.8 Å². The Hall–Kier alpha value is -2.96. The molecule has 5 atom stereocenters. The van der Waals surface area contributed by atoms with E-state index in [0.29, 0.717) is 30.7 Å². The van der Waals surface area contributed by atoms with Gasteiger partial charge in [0.2, 0.25) is 0 Å². The Labute approximate surface area is 269 Å². The number of aromatic nitrogens is 3. The van der Waals surface area contributed by atoms with E-state index < -0.39 is 11.4 Å². The molecule has 0 saturated carbocycles. The molecule has 5 heterocycles. The maximum Gasteiger partial charge on any atom is 0.325 e. The van der Waals surface area contributed by atoms with Gasteiger partial charge < -0.3 is 14.4 Å². The number of piperazine rings is 1. The van der Waals surface area contributed by atoms with Gasteiger partial charge >= 0.3 is 12.0 Å². The molecule has 0 aliphatic carbocycles. The zero-order chi connectivity index (χ0) is 31.7. The molecule has 2 aromatic heterocycles. The van der Waals surface area contributed by atoms with E-state index >= 15 is 4.39 Å². The lowest BCUT2D eigenvalue weighted by Crippen LogP contribution is -2.54. The quantitative estimate of drug-likeness (QED) is 0.264. The highest BCUT2D eigenvalue weighted by atomic mass is 35.5. The smallest absolute Gasteiger partial charge is 0.325 e. The Morgan fingerprint density at radius 3 is 2.56 bits per heavy atom. The molecular weight excluding hydrogens is 597 g/mol. The average molecular weight is 640 g/mol. The summed E-state index contributed by atoms with van der Waals surface area (Å²) in [5.41, 5.74) is 4.89. The lowest BCUT2D eigenvalue weighted by atomic mass is 9.89. The Bertz CT molecular complexity index is 1490. The second kappa shape index (κ2) is 13.4. The van der Waals surface area contributed by atoms with Crippen LogP contribution in [0.4, 0.5) is 4.39 Å². The first-order chi connectivity index (χ1) is 21.5. The maximum absolute atomic E-state index is 15.3. The number of esters is 1. The number of fused-ring (bicyclic) bond motifs is 3. The second-order valence-corrected chi connectivity index (χ2v) is 14.0. The van der Waals surface area contributed by atoms with Gasteiger partial charge in [-0.1, -0.05) is 48.9 Å². The van der Waals surface area contributed by atoms with Crippen molar-refractivity contribution in [3.8, 4) is 6.01 Å². The third kappa shape index (κ3) is 7.55. The lowest BCUT2D eigenvalue weighted by Gasteiger charge is -2.38.